The Balaban J connectivity index is 0.000000614. The summed E-state index contributed by atoms with van der Waals surface area (Å²) < 4.78 is 39.7. The van der Waals surface area contributed by atoms with Crippen molar-refractivity contribution in [2.24, 2.45) is 35.5 Å². The molecule has 6 aromatic carbocycles. The van der Waals surface area contributed by atoms with E-state index in [-0.39, 0.29) is 88.1 Å². The molecule has 0 aliphatic rings. The first-order valence-corrected chi connectivity index (χ1v) is 43.0. The smallest absolute Gasteiger partial charge is 0.449 e. The molecule has 0 radical (unpaired) electrons. The van der Waals surface area contributed by atoms with Crippen molar-refractivity contribution in [3.05, 3.63) is 161 Å². The molecule has 0 bridgehead atoms. The van der Waals surface area contributed by atoms with Crippen LogP contribution in [0.1, 0.15) is 207 Å². The molecule has 0 unspecified atom stereocenters. The highest BCUT2D eigenvalue weighted by Crippen LogP contribution is 2.40. The number of hydrogen-bond acceptors (Lipinski definition) is 19. The van der Waals surface area contributed by atoms with Gasteiger partial charge >= 0.3 is 55.8 Å². The van der Waals surface area contributed by atoms with E-state index >= 15 is 0 Å². The second-order valence-electron chi connectivity index (χ2n) is 32.4. The lowest BCUT2D eigenvalue weighted by Crippen LogP contribution is -2.32. The van der Waals surface area contributed by atoms with Crippen LogP contribution in [-0.2, 0) is 56.7 Å². The lowest BCUT2D eigenvalue weighted by molar-refractivity contribution is -0.174. The predicted octanol–water partition coefficient (Wildman–Crippen LogP) is 19.9. The molecule has 27 nitrogen and oxygen atoms in total. The molecule has 0 fully saturated rings. The molecule has 5 atom stereocenters. The molecule has 0 aliphatic carbocycles. The van der Waals surface area contributed by atoms with Crippen molar-refractivity contribution in [1.29, 1.82) is 0 Å². The number of amides is 6. The van der Waals surface area contributed by atoms with Crippen molar-refractivity contribution < 1.29 is 86.0 Å². The number of anilines is 9. The van der Waals surface area contributed by atoms with Crippen LogP contribution in [0.2, 0.25) is 0 Å². The standard InChI is InChI=1S/C31H46N3O9P.C31H45N3O6.C28H40ClN3O3.2H2S/c1-8-24(16-29(35)41-19-42-30(36)23(7)43-44(38,39)40)25-11-14-28(34(17-20(2)3)18-21(4)5)27(15-25)33-31(37)32-26-12-9-22(6)10-13-26;1-8-24(16-29(36)39-19-40-30(37)23(7)35)25-11-14-28(34(17-20(2)3)18-21(4)5)27(15-25)33-31(38)32-26-12-9-22(6)10-13-26;1-7-22(15-27(33)35-18-29)23-10-13-26(32(16-19(2)3)17-20(4)5)25(14-23)31-28(34)30-24-11-8-21(6)9-12-24;;/h9-15,20-21,23-24H,8,16-19H2,1-7H3,(H2,32,33,37)(H2,38,39,40);9-15,20-21,23-24,35H,8,16-19H2,1-7H3,(H2,32,33,38);8-14,19-20,22H,7,15-18H2,1-6H3,(H2,30,31,34);2*1H2/t2*23-,24-;22-;;/m000../s1. The topological polar surface area (TPSA) is 352 Å². The van der Waals surface area contributed by atoms with E-state index in [1.54, 1.807) is 0 Å². The summed E-state index contributed by atoms with van der Waals surface area (Å²) in [6, 6.07) is 39.3. The number of halogens is 1. The number of aliphatic hydroxyl groups excluding tert-OH is 1. The molecule has 672 valence electrons. The Kier molecular flexibility index (Phi) is 49.2. The zero-order valence-electron chi connectivity index (χ0n) is 74.2. The number of aryl methyl sites for hydroxylation is 3. The second-order valence-corrected chi connectivity index (χ2v) is 33.8. The van der Waals surface area contributed by atoms with Gasteiger partial charge in [-0.1, -0.05) is 187 Å². The largest absolute Gasteiger partial charge is 0.470 e. The summed E-state index contributed by atoms with van der Waals surface area (Å²) >= 11 is 5.56. The summed E-state index contributed by atoms with van der Waals surface area (Å²) in [7, 11) is -4.88. The first-order chi connectivity index (χ1) is 56.1. The molecule has 0 spiro atoms. The molecule has 31 heteroatoms. The van der Waals surface area contributed by atoms with E-state index in [9.17, 15) is 48.0 Å². The monoisotopic (exact) mass is 1760 g/mol. The SMILES string of the molecule is CC[C@@H](CC(=O)OCCl)c1ccc(N(CC(C)C)CC(C)C)c(NC(=O)Nc2ccc(C)cc2)c1.CC[C@@H](CC(=O)OCOC(=O)[C@H](C)O)c1ccc(N(CC(C)C)CC(C)C)c(NC(=O)Nc2ccc(C)cc2)c1.CC[C@@H](CC(=O)OCOC(=O)[C@H](C)OP(=O)(O)O)c1ccc(N(CC(C)C)CC(C)C)c(NC(=O)Nc2ccc(C)cc2)c1.S.S. The fraction of sp³-hybridized carbons (Fsp3) is 0.511. The van der Waals surface area contributed by atoms with Gasteiger partial charge in [0.05, 0.1) is 53.4 Å². The highest BCUT2D eigenvalue weighted by molar-refractivity contribution is 7.59. The normalized spacial score (nSPS) is 12.3. The van der Waals surface area contributed by atoms with Crippen LogP contribution in [0.25, 0.3) is 0 Å². The zero-order valence-corrected chi connectivity index (χ0v) is 77.9. The molecule has 6 amide bonds. The average molecular weight is 1760 g/mol. The first kappa shape index (κ1) is 108. The zero-order chi connectivity index (χ0) is 88.8. The van der Waals surface area contributed by atoms with Crippen LogP contribution < -0.4 is 46.6 Å². The number of phosphoric ester groups is 1. The van der Waals surface area contributed by atoms with Gasteiger partial charge in [0.15, 0.2) is 12.2 Å². The average Bonchev–Trinajstić information content (AvgIpc) is 0.821. The minimum absolute atomic E-state index is 0. The van der Waals surface area contributed by atoms with Gasteiger partial charge in [-0.15, -0.1) is 0 Å². The van der Waals surface area contributed by atoms with Gasteiger partial charge in [-0.3, -0.25) is 18.9 Å². The van der Waals surface area contributed by atoms with Crippen LogP contribution in [-0.4, -0.2) is 134 Å². The predicted molar refractivity (Wildman–Crippen MR) is 495 cm³/mol. The number of urea groups is 3. The van der Waals surface area contributed by atoms with Crippen LogP contribution in [0.15, 0.2) is 127 Å². The fourth-order valence-corrected chi connectivity index (χ4v) is 13.5. The third kappa shape index (κ3) is 41.6. The number of nitrogens with zero attached hydrogens (tertiary/aromatic N) is 3. The minimum Gasteiger partial charge on any atom is -0.449 e. The van der Waals surface area contributed by atoms with E-state index in [0.717, 1.165) is 114 Å². The van der Waals surface area contributed by atoms with E-state index in [1.807, 2.05) is 163 Å². The third-order valence-corrected chi connectivity index (χ3v) is 19.1. The third-order valence-electron chi connectivity index (χ3n) is 18.4. The second kappa shape index (κ2) is 55.1. The van der Waals surface area contributed by atoms with E-state index in [2.05, 4.69) is 140 Å². The van der Waals surface area contributed by atoms with Crippen LogP contribution in [0, 0.1) is 56.3 Å². The maximum absolute atomic E-state index is 13.1. The quantitative estimate of drug-likeness (QED) is 0.00565. The number of aliphatic hydroxyl groups is 1. The van der Waals surface area contributed by atoms with Gasteiger partial charge in [-0.05, 0) is 197 Å². The number of rotatable bonds is 42. The van der Waals surface area contributed by atoms with Gasteiger partial charge in [0.25, 0.3) is 0 Å². The van der Waals surface area contributed by atoms with Gasteiger partial charge < -0.3 is 85.2 Å². The van der Waals surface area contributed by atoms with Gasteiger partial charge in [0.1, 0.15) is 6.10 Å². The lowest BCUT2D eigenvalue weighted by atomic mass is 9.92. The summed E-state index contributed by atoms with van der Waals surface area (Å²) in [6.45, 7) is 43.9. The van der Waals surface area contributed by atoms with E-state index < -0.39 is 63.5 Å². The molecular weight excluding hydrogens is 1630 g/mol. The molecule has 0 aliphatic heterocycles. The first-order valence-electron chi connectivity index (χ1n) is 41.0. The molecule has 0 saturated heterocycles. The molecule has 0 saturated carbocycles. The van der Waals surface area contributed by atoms with Gasteiger partial charge in [-0.25, -0.2) is 28.5 Å². The number of nitrogens with one attached hydrogen (secondary N) is 6. The minimum atomic E-state index is -4.88. The number of phosphoric acid groups is 1. The lowest BCUT2D eigenvalue weighted by Gasteiger charge is -2.31. The number of hydrogen-bond donors (Lipinski definition) is 9. The Morgan fingerprint density at radius 1 is 0.380 bits per heavy atom. The number of esters is 5. The molecule has 0 heterocycles. The van der Waals surface area contributed by atoms with Crippen LogP contribution >= 0.6 is 46.4 Å². The summed E-state index contributed by atoms with van der Waals surface area (Å²) in [5.41, 5.74) is 12.8. The molecule has 6 aromatic rings. The van der Waals surface area contributed by atoms with Crippen molar-refractivity contribution in [2.45, 2.75) is 207 Å². The fourth-order valence-electron chi connectivity index (χ4n) is 12.9. The van der Waals surface area contributed by atoms with E-state index in [4.69, 9.17) is 45.1 Å². The Bertz CT molecular complexity index is 4200. The number of ether oxygens (including phenoxy) is 5. The summed E-state index contributed by atoms with van der Waals surface area (Å²) in [5, 5.41) is 27.0. The molecule has 0 aromatic heterocycles. The Hall–Kier alpha value is -9.06. The Labute approximate surface area is 736 Å². The summed E-state index contributed by atoms with van der Waals surface area (Å²) in [6.07, 6.45) is -0.571. The number of carbonyl (C=O) groups is 8. The van der Waals surface area contributed by atoms with Crippen LogP contribution in [0.5, 0.6) is 0 Å². The number of alkyl halides is 1. The summed E-state index contributed by atoms with van der Waals surface area (Å²) in [4.78, 5) is 124. The highest BCUT2D eigenvalue weighted by atomic mass is 35.5. The van der Waals surface area contributed by atoms with Gasteiger partial charge in [-0.2, -0.15) is 27.0 Å². The van der Waals surface area contributed by atoms with Crippen molar-refractivity contribution in [1.82, 2.24) is 0 Å². The molecule has 9 N–H and O–H groups in total. The van der Waals surface area contributed by atoms with Gasteiger partial charge in [0, 0.05) is 56.3 Å². The Morgan fingerprint density at radius 2 is 0.636 bits per heavy atom. The summed E-state index contributed by atoms with van der Waals surface area (Å²) in [5.74, 6) is -1.44. The van der Waals surface area contributed by atoms with Gasteiger partial charge in [0.2, 0.25) is 13.6 Å². The maximum atomic E-state index is 13.1. The van der Waals surface area contributed by atoms with Crippen LogP contribution in [0.3, 0.4) is 0 Å². The molecule has 121 heavy (non-hydrogen) atoms. The number of benzene rings is 6. The van der Waals surface area contributed by atoms with Crippen molar-refractivity contribution in [2.75, 3.05) is 106 Å². The van der Waals surface area contributed by atoms with E-state index in [1.165, 1.54) is 6.92 Å². The van der Waals surface area contributed by atoms with Crippen molar-refractivity contribution >= 4 is 146 Å². The van der Waals surface area contributed by atoms with Crippen LogP contribution in [0.4, 0.5) is 65.6 Å². The molecular formula is C90H135ClN9O18PS2. The maximum Gasteiger partial charge on any atom is 0.470 e. The van der Waals surface area contributed by atoms with E-state index in [0.29, 0.717) is 71.1 Å². The van der Waals surface area contributed by atoms with Crippen molar-refractivity contribution in [3.8, 4) is 0 Å². The molecule has 6 rings (SSSR count). The van der Waals surface area contributed by atoms with Crippen molar-refractivity contribution in [3.63, 3.8) is 0 Å². The highest BCUT2D eigenvalue weighted by Gasteiger charge is 2.29. The Morgan fingerprint density at radius 3 is 0.868 bits per heavy atom. The number of carbonyl (C=O) groups excluding carboxylic acids is 8.